The minimum absolute atomic E-state index is 0.0720. The highest BCUT2D eigenvalue weighted by Crippen LogP contribution is 2.41. The van der Waals surface area contributed by atoms with E-state index >= 15 is 0 Å². The Balaban J connectivity index is 1.83. The molecule has 0 fully saturated rings. The summed E-state index contributed by atoms with van der Waals surface area (Å²) in [4.78, 5) is 4.90. The van der Waals surface area contributed by atoms with Crippen LogP contribution in [0.4, 0.5) is 22.7 Å². The molecular weight excluding hydrogens is 435 g/mol. The third kappa shape index (κ3) is 3.69. The molecule has 0 spiro atoms. The van der Waals surface area contributed by atoms with Gasteiger partial charge in [-0.1, -0.05) is 86.6 Å². The molecule has 0 amide bonds. The fraction of sp³-hybridized carbons (Fsp3) is 0.455. The summed E-state index contributed by atoms with van der Waals surface area (Å²) in [6.45, 7) is 21.2. The van der Waals surface area contributed by atoms with E-state index in [1.165, 1.54) is 55.8 Å². The highest BCUT2D eigenvalue weighted by atomic mass is 15.1. The lowest BCUT2D eigenvalue weighted by atomic mass is 9.33. The van der Waals surface area contributed by atoms with Crippen LogP contribution in [-0.2, 0) is 16.2 Å². The Hall–Kier alpha value is -2.68. The number of rotatable bonds is 2. The molecule has 0 N–H and O–H groups in total. The highest BCUT2D eigenvalue weighted by Gasteiger charge is 2.42. The van der Waals surface area contributed by atoms with Crippen molar-refractivity contribution in [3.8, 4) is 0 Å². The van der Waals surface area contributed by atoms with Crippen molar-refractivity contribution in [2.75, 3.05) is 23.9 Å². The molecule has 0 aromatic heterocycles. The number of hydrogen-bond acceptors (Lipinski definition) is 2. The maximum atomic E-state index is 2.47. The van der Waals surface area contributed by atoms with Crippen molar-refractivity contribution in [1.29, 1.82) is 0 Å². The van der Waals surface area contributed by atoms with Crippen LogP contribution in [0.15, 0.2) is 48.5 Å². The number of benzene rings is 3. The molecule has 2 aliphatic heterocycles. The van der Waals surface area contributed by atoms with Crippen LogP contribution in [0.3, 0.4) is 0 Å². The van der Waals surface area contributed by atoms with E-state index < -0.39 is 0 Å². The van der Waals surface area contributed by atoms with Gasteiger partial charge in [-0.25, -0.2) is 0 Å². The Morgan fingerprint density at radius 1 is 0.583 bits per heavy atom. The van der Waals surface area contributed by atoms with Gasteiger partial charge in [0.2, 0.25) is 0 Å². The number of nitrogens with zero attached hydrogens (tertiary/aromatic N) is 2. The van der Waals surface area contributed by atoms with Gasteiger partial charge in [0.05, 0.1) is 0 Å². The molecule has 188 valence electrons. The molecule has 36 heavy (non-hydrogen) atoms. The number of anilines is 4. The summed E-state index contributed by atoms with van der Waals surface area (Å²) in [7, 11) is 4.52. The van der Waals surface area contributed by atoms with Crippen molar-refractivity contribution in [3.05, 3.63) is 65.2 Å². The van der Waals surface area contributed by atoms with Gasteiger partial charge in [0.1, 0.15) is 0 Å². The average Bonchev–Trinajstić information content (AvgIpc) is 2.81. The molecule has 2 aliphatic rings. The maximum absolute atomic E-state index is 2.47. The molecule has 0 unspecified atom stereocenters. The second-order valence-corrected chi connectivity index (χ2v) is 13.8. The maximum Gasteiger partial charge on any atom is 0.252 e. The normalized spacial score (nSPS) is 15.0. The Morgan fingerprint density at radius 3 is 1.44 bits per heavy atom. The summed E-state index contributed by atoms with van der Waals surface area (Å²) in [5, 5.41) is 0. The van der Waals surface area contributed by atoms with Crippen molar-refractivity contribution in [1.82, 2.24) is 0 Å². The predicted octanol–water partition coefficient (Wildman–Crippen LogP) is 6.65. The average molecular weight is 479 g/mol. The topological polar surface area (TPSA) is 6.48 Å². The highest BCUT2D eigenvalue weighted by molar-refractivity contribution is 7.00. The van der Waals surface area contributed by atoms with Crippen LogP contribution in [0.1, 0.15) is 85.4 Å². The Bertz CT molecular complexity index is 1350. The van der Waals surface area contributed by atoms with E-state index in [1.807, 2.05) is 0 Å². The van der Waals surface area contributed by atoms with Crippen LogP contribution in [0.25, 0.3) is 0 Å². The lowest BCUT2D eigenvalue weighted by molar-refractivity contribution is 0.506. The third-order valence-electron chi connectivity index (χ3n) is 8.95. The van der Waals surface area contributed by atoms with Crippen LogP contribution in [0, 0.1) is 0 Å². The molecule has 0 saturated heterocycles. The standard InChI is InChI=1S/C33H43BN2/c1-12-33(8,9)22-14-16-25-27(18-22)36(11)29-20-23(32(5,6)7)19-28-30(29)34(25)24-15-13-21(31(2,3)4)17-26(24)35(28)10/h13-20H,12H2,1-11H3. The Labute approximate surface area is 219 Å². The lowest BCUT2D eigenvalue weighted by Crippen LogP contribution is -2.61. The van der Waals surface area contributed by atoms with E-state index in [-0.39, 0.29) is 23.0 Å². The molecule has 3 aromatic rings. The molecule has 0 bridgehead atoms. The molecule has 0 saturated carbocycles. The zero-order chi connectivity index (χ0) is 26.4. The summed E-state index contributed by atoms with van der Waals surface area (Å²) in [6.07, 6.45) is 1.12. The van der Waals surface area contributed by atoms with Crippen LogP contribution in [0.2, 0.25) is 0 Å². The lowest BCUT2D eigenvalue weighted by Gasteiger charge is -2.44. The van der Waals surface area contributed by atoms with Gasteiger partial charge >= 0.3 is 0 Å². The fourth-order valence-electron chi connectivity index (χ4n) is 5.89. The summed E-state index contributed by atoms with van der Waals surface area (Å²) >= 11 is 0. The van der Waals surface area contributed by atoms with E-state index in [1.54, 1.807) is 0 Å². The van der Waals surface area contributed by atoms with Gasteiger partial charge in [-0.3, -0.25) is 0 Å². The molecule has 2 nitrogen and oxygen atoms in total. The van der Waals surface area contributed by atoms with Crippen LogP contribution < -0.4 is 26.2 Å². The molecule has 0 radical (unpaired) electrons. The van der Waals surface area contributed by atoms with Crippen LogP contribution in [0.5, 0.6) is 0 Å². The van der Waals surface area contributed by atoms with E-state index in [0.717, 1.165) is 6.42 Å². The van der Waals surface area contributed by atoms with Crippen LogP contribution >= 0.6 is 0 Å². The van der Waals surface area contributed by atoms with Crippen molar-refractivity contribution in [3.63, 3.8) is 0 Å². The first-order chi connectivity index (χ1) is 16.6. The summed E-state index contributed by atoms with van der Waals surface area (Å²) in [6, 6.07) is 19.4. The van der Waals surface area contributed by atoms with Gasteiger partial charge in [-0.2, -0.15) is 0 Å². The second kappa shape index (κ2) is 7.91. The molecular formula is C33H43BN2. The fourth-order valence-corrected chi connectivity index (χ4v) is 5.89. The molecule has 3 aromatic carbocycles. The van der Waals surface area contributed by atoms with Crippen molar-refractivity contribution in [2.24, 2.45) is 0 Å². The van der Waals surface area contributed by atoms with E-state index in [4.69, 9.17) is 0 Å². The van der Waals surface area contributed by atoms with Crippen LogP contribution in [-0.4, -0.2) is 20.8 Å². The minimum atomic E-state index is 0.0720. The summed E-state index contributed by atoms with van der Waals surface area (Å²) < 4.78 is 0. The molecule has 3 heteroatoms. The SMILES string of the molecule is CCC(C)(C)c1ccc2c(c1)N(C)c1cc(C(C)(C)C)cc3c1B2c1ccc(C(C)(C)C)cc1N3C. The minimum Gasteiger partial charge on any atom is -0.345 e. The van der Waals surface area contributed by atoms with Gasteiger partial charge in [-0.15, -0.1) is 0 Å². The van der Waals surface area contributed by atoms with E-state index in [0.29, 0.717) is 0 Å². The zero-order valence-electron chi connectivity index (χ0n) is 24.3. The van der Waals surface area contributed by atoms with Gasteiger partial charge in [0, 0.05) is 36.8 Å². The Kier molecular flexibility index (Phi) is 5.49. The monoisotopic (exact) mass is 478 g/mol. The molecule has 2 heterocycles. The smallest absolute Gasteiger partial charge is 0.252 e. The predicted molar refractivity (Wildman–Crippen MR) is 161 cm³/mol. The molecule has 0 atom stereocenters. The summed E-state index contributed by atoms with van der Waals surface area (Å²) in [5.41, 5.74) is 14.2. The van der Waals surface area contributed by atoms with Crippen molar-refractivity contribution >= 4 is 45.9 Å². The number of hydrogen-bond donors (Lipinski definition) is 0. The molecule has 5 rings (SSSR count). The first-order valence-corrected chi connectivity index (χ1v) is 13.6. The number of fused-ring (bicyclic) bond motifs is 4. The Morgan fingerprint density at radius 2 is 1.00 bits per heavy atom. The third-order valence-corrected chi connectivity index (χ3v) is 8.95. The van der Waals surface area contributed by atoms with E-state index in [9.17, 15) is 0 Å². The largest absolute Gasteiger partial charge is 0.345 e. The van der Waals surface area contributed by atoms with E-state index in [2.05, 4.69) is 135 Å². The summed E-state index contributed by atoms with van der Waals surface area (Å²) in [5.74, 6) is 0. The van der Waals surface area contributed by atoms with Gasteiger partial charge in [0.25, 0.3) is 6.71 Å². The molecule has 0 aliphatic carbocycles. The van der Waals surface area contributed by atoms with Gasteiger partial charge in [-0.05, 0) is 80.0 Å². The first kappa shape index (κ1) is 25.0. The van der Waals surface area contributed by atoms with Gasteiger partial charge in [0.15, 0.2) is 0 Å². The quantitative estimate of drug-likeness (QED) is 0.381. The first-order valence-electron chi connectivity index (χ1n) is 13.6. The van der Waals surface area contributed by atoms with Crippen molar-refractivity contribution < 1.29 is 0 Å². The second-order valence-electron chi connectivity index (χ2n) is 13.8. The van der Waals surface area contributed by atoms with Crippen molar-refractivity contribution in [2.45, 2.75) is 85.0 Å². The zero-order valence-corrected chi connectivity index (χ0v) is 24.3. The van der Waals surface area contributed by atoms with Gasteiger partial charge < -0.3 is 9.80 Å².